The Kier molecular flexibility index (Phi) is 3.03. The molecule has 1 aromatic rings. The van der Waals surface area contributed by atoms with Crippen molar-refractivity contribution in [1.29, 1.82) is 0 Å². The monoisotopic (exact) mass is 242 g/mol. The molecule has 15 heavy (non-hydrogen) atoms. The molecular weight excluding hydrogens is 236 g/mol. The SMILES string of the molecule is O=S(=O)(F)c1ccc(CC(F)(F)F)cc1. The Bertz CT molecular complexity index is 433. The van der Waals surface area contributed by atoms with Crippen LogP contribution in [0.25, 0.3) is 0 Å². The van der Waals surface area contributed by atoms with E-state index in [2.05, 4.69) is 0 Å². The van der Waals surface area contributed by atoms with E-state index >= 15 is 0 Å². The lowest BCUT2D eigenvalue weighted by molar-refractivity contribution is -0.127. The molecule has 2 nitrogen and oxygen atoms in total. The van der Waals surface area contributed by atoms with E-state index in [0.717, 1.165) is 24.3 Å². The molecule has 0 unspecified atom stereocenters. The quantitative estimate of drug-likeness (QED) is 0.589. The summed E-state index contributed by atoms with van der Waals surface area (Å²) in [6.07, 6.45) is -5.53. The molecule has 0 saturated carbocycles. The average Bonchev–Trinajstić information content (AvgIpc) is 2.00. The van der Waals surface area contributed by atoms with Crippen molar-refractivity contribution in [2.45, 2.75) is 17.5 Å². The fourth-order valence-corrected chi connectivity index (χ4v) is 1.46. The van der Waals surface area contributed by atoms with Gasteiger partial charge < -0.3 is 0 Å². The van der Waals surface area contributed by atoms with E-state index in [9.17, 15) is 25.5 Å². The van der Waals surface area contributed by atoms with E-state index in [-0.39, 0.29) is 5.56 Å². The van der Waals surface area contributed by atoms with E-state index in [1.165, 1.54) is 0 Å². The molecule has 0 amide bonds. The number of hydrogen-bond acceptors (Lipinski definition) is 2. The van der Waals surface area contributed by atoms with Crippen LogP contribution in [0.5, 0.6) is 0 Å². The fraction of sp³-hybridized carbons (Fsp3) is 0.250. The van der Waals surface area contributed by atoms with Crippen molar-refractivity contribution >= 4 is 10.2 Å². The van der Waals surface area contributed by atoms with Gasteiger partial charge in [0.05, 0.1) is 11.3 Å². The minimum Gasteiger partial charge on any atom is -0.189 e. The van der Waals surface area contributed by atoms with E-state index in [4.69, 9.17) is 0 Å². The molecule has 0 radical (unpaired) electrons. The highest BCUT2D eigenvalue weighted by Gasteiger charge is 2.27. The molecule has 0 aromatic heterocycles. The Morgan fingerprint density at radius 3 is 1.87 bits per heavy atom. The first-order chi connectivity index (χ1) is 6.68. The minimum absolute atomic E-state index is 0.116. The summed E-state index contributed by atoms with van der Waals surface area (Å²) in [5.41, 5.74) is -0.116. The maximum atomic E-state index is 12.3. The second-order valence-electron chi connectivity index (χ2n) is 2.87. The summed E-state index contributed by atoms with van der Waals surface area (Å²) < 4.78 is 68.7. The van der Waals surface area contributed by atoms with Gasteiger partial charge >= 0.3 is 16.4 Å². The second-order valence-corrected chi connectivity index (χ2v) is 4.22. The Balaban J connectivity index is 2.92. The van der Waals surface area contributed by atoms with Gasteiger partial charge in [-0.3, -0.25) is 0 Å². The third-order valence-electron chi connectivity index (χ3n) is 1.61. The van der Waals surface area contributed by atoms with Crippen LogP contribution in [0, 0.1) is 0 Å². The molecule has 0 fully saturated rings. The molecule has 0 atom stereocenters. The number of alkyl halides is 3. The standard InChI is InChI=1S/C8H6F4O2S/c9-8(10,11)5-6-1-3-7(4-2-6)15(12,13)14/h1-4H,5H2. The minimum atomic E-state index is -4.84. The van der Waals surface area contributed by atoms with E-state index < -0.39 is 27.7 Å². The van der Waals surface area contributed by atoms with Crippen LogP contribution in [0.15, 0.2) is 29.2 Å². The summed E-state index contributed by atoms with van der Waals surface area (Å²) in [6.45, 7) is 0. The third-order valence-corrected chi connectivity index (χ3v) is 2.44. The van der Waals surface area contributed by atoms with Crippen molar-refractivity contribution in [2.75, 3.05) is 0 Å². The van der Waals surface area contributed by atoms with Gasteiger partial charge in [0.1, 0.15) is 0 Å². The predicted molar refractivity (Wildman–Crippen MR) is 44.5 cm³/mol. The molecule has 84 valence electrons. The Morgan fingerprint density at radius 1 is 1.07 bits per heavy atom. The van der Waals surface area contributed by atoms with Crippen molar-refractivity contribution in [2.24, 2.45) is 0 Å². The summed E-state index contributed by atoms with van der Waals surface area (Å²) in [5.74, 6) is 0. The molecule has 0 aliphatic heterocycles. The molecule has 1 aromatic carbocycles. The summed E-state index contributed by atoms with van der Waals surface area (Å²) in [6, 6.07) is 3.46. The van der Waals surface area contributed by atoms with Gasteiger partial charge in [-0.2, -0.15) is 21.6 Å². The lowest BCUT2D eigenvalue weighted by Gasteiger charge is -2.05. The number of halogens is 4. The van der Waals surface area contributed by atoms with Crippen LogP contribution < -0.4 is 0 Å². The van der Waals surface area contributed by atoms with Crippen molar-refractivity contribution in [3.63, 3.8) is 0 Å². The highest BCUT2D eigenvalue weighted by Crippen LogP contribution is 2.22. The van der Waals surface area contributed by atoms with Gasteiger partial charge in [-0.15, -0.1) is 3.89 Å². The maximum Gasteiger partial charge on any atom is 0.393 e. The zero-order chi connectivity index (χ0) is 11.7. The number of hydrogen-bond donors (Lipinski definition) is 0. The molecule has 7 heteroatoms. The van der Waals surface area contributed by atoms with Crippen molar-refractivity contribution in [3.8, 4) is 0 Å². The van der Waals surface area contributed by atoms with Gasteiger partial charge in [-0.1, -0.05) is 12.1 Å². The van der Waals surface area contributed by atoms with Crippen molar-refractivity contribution in [3.05, 3.63) is 29.8 Å². The van der Waals surface area contributed by atoms with Crippen LogP contribution in [0.3, 0.4) is 0 Å². The van der Waals surface area contributed by atoms with Gasteiger partial charge in [-0.05, 0) is 17.7 Å². The van der Waals surface area contributed by atoms with Crippen LogP contribution in [-0.2, 0) is 16.6 Å². The first-order valence-corrected chi connectivity index (χ1v) is 5.17. The normalized spacial score (nSPS) is 12.8. The molecule has 0 aliphatic carbocycles. The van der Waals surface area contributed by atoms with Crippen LogP contribution in [-0.4, -0.2) is 14.6 Å². The highest BCUT2D eigenvalue weighted by atomic mass is 32.3. The summed E-state index contributed by atoms with van der Waals surface area (Å²) in [7, 11) is -4.84. The van der Waals surface area contributed by atoms with Crippen LogP contribution in [0.4, 0.5) is 17.1 Å². The molecule has 0 saturated heterocycles. The highest BCUT2D eigenvalue weighted by molar-refractivity contribution is 7.86. The number of rotatable bonds is 2. The Morgan fingerprint density at radius 2 is 1.53 bits per heavy atom. The molecule has 0 aliphatic rings. The average molecular weight is 242 g/mol. The zero-order valence-electron chi connectivity index (χ0n) is 7.25. The third kappa shape index (κ3) is 3.86. The Hall–Kier alpha value is -1.11. The van der Waals surface area contributed by atoms with Gasteiger partial charge in [0, 0.05) is 0 Å². The van der Waals surface area contributed by atoms with E-state index in [1.54, 1.807) is 0 Å². The van der Waals surface area contributed by atoms with Gasteiger partial charge in [0.2, 0.25) is 0 Å². The van der Waals surface area contributed by atoms with Crippen molar-refractivity contribution in [1.82, 2.24) is 0 Å². The lowest BCUT2D eigenvalue weighted by atomic mass is 10.1. The summed E-state index contributed by atoms with van der Waals surface area (Å²) in [4.78, 5) is -0.645. The maximum absolute atomic E-state index is 12.3. The van der Waals surface area contributed by atoms with E-state index in [1.807, 2.05) is 0 Å². The molecule has 0 spiro atoms. The molecule has 0 heterocycles. The van der Waals surface area contributed by atoms with Crippen LogP contribution in [0.1, 0.15) is 5.56 Å². The van der Waals surface area contributed by atoms with E-state index in [0.29, 0.717) is 0 Å². The van der Waals surface area contributed by atoms with Crippen molar-refractivity contribution < 1.29 is 25.5 Å². The lowest BCUT2D eigenvalue weighted by Crippen LogP contribution is -2.11. The summed E-state index contributed by atoms with van der Waals surface area (Å²) >= 11 is 0. The first kappa shape index (κ1) is 12.0. The largest absolute Gasteiger partial charge is 0.393 e. The molecule has 0 bridgehead atoms. The van der Waals surface area contributed by atoms with Gasteiger partial charge in [0.15, 0.2) is 0 Å². The molecular formula is C8H6F4O2S. The second kappa shape index (κ2) is 3.80. The van der Waals surface area contributed by atoms with Crippen LogP contribution in [0.2, 0.25) is 0 Å². The topological polar surface area (TPSA) is 34.1 Å². The predicted octanol–water partition coefficient (Wildman–Crippen LogP) is 2.45. The van der Waals surface area contributed by atoms with Gasteiger partial charge in [0.25, 0.3) is 0 Å². The fourth-order valence-electron chi connectivity index (χ4n) is 1.00. The molecule has 1 rings (SSSR count). The Labute approximate surface area is 83.7 Å². The molecule has 0 N–H and O–H groups in total. The zero-order valence-corrected chi connectivity index (χ0v) is 8.07. The first-order valence-electron chi connectivity index (χ1n) is 3.79. The smallest absolute Gasteiger partial charge is 0.189 e. The van der Waals surface area contributed by atoms with Crippen LogP contribution >= 0.6 is 0 Å². The van der Waals surface area contributed by atoms with Gasteiger partial charge in [-0.25, -0.2) is 0 Å². The summed E-state index contributed by atoms with van der Waals surface area (Å²) in [5, 5.41) is 0. The number of benzene rings is 1.